The highest BCUT2D eigenvalue weighted by atomic mass is 19.1. The maximum Gasteiger partial charge on any atom is 0.236 e. The number of hydrogen-bond donors (Lipinski definition) is 0. The first-order valence-electron chi connectivity index (χ1n) is 10.5. The van der Waals surface area contributed by atoms with Crippen LogP contribution in [0.3, 0.4) is 0 Å². The van der Waals surface area contributed by atoms with Crippen molar-refractivity contribution < 1.29 is 9.18 Å². The number of pyridine rings is 1. The van der Waals surface area contributed by atoms with Crippen molar-refractivity contribution in [1.82, 2.24) is 14.8 Å². The molecular formula is C23H24FN5O. The molecule has 1 amide bonds. The molecule has 5 rings (SSSR count). The molecule has 3 saturated heterocycles. The van der Waals surface area contributed by atoms with Gasteiger partial charge in [0, 0.05) is 44.0 Å². The lowest BCUT2D eigenvalue weighted by molar-refractivity contribution is -0.135. The van der Waals surface area contributed by atoms with Crippen molar-refractivity contribution in [3.8, 4) is 6.07 Å². The molecule has 2 unspecified atom stereocenters. The van der Waals surface area contributed by atoms with Gasteiger partial charge in [-0.05, 0) is 49.1 Å². The third-order valence-corrected chi connectivity index (χ3v) is 6.70. The SMILES string of the molecule is N#Cc1ccc(N2C3CC[C@H]2CN(C(=O)CN2CCC2c2ccc(F)cc2)C3)nc1. The molecule has 0 N–H and O–H groups in total. The maximum absolute atomic E-state index is 13.2. The van der Waals surface area contributed by atoms with E-state index < -0.39 is 0 Å². The predicted octanol–water partition coefficient (Wildman–Crippen LogP) is 2.72. The summed E-state index contributed by atoms with van der Waals surface area (Å²) >= 11 is 0. The van der Waals surface area contributed by atoms with E-state index in [1.807, 2.05) is 23.1 Å². The summed E-state index contributed by atoms with van der Waals surface area (Å²) < 4.78 is 13.2. The first kappa shape index (κ1) is 19.0. The highest BCUT2D eigenvalue weighted by molar-refractivity contribution is 5.79. The van der Waals surface area contributed by atoms with Gasteiger partial charge in [-0.3, -0.25) is 9.69 Å². The van der Waals surface area contributed by atoms with E-state index in [9.17, 15) is 9.18 Å². The largest absolute Gasteiger partial charge is 0.347 e. The van der Waals surface area contributed by atoms with Gasteiger partial charge in [0.1, 0.15) is 17.7 Å². The van der Waals surface area contributed by atoms with Crippen LogP contribution in [0.25, 0.3) is 0 Å². The Morgan fingerprint density at radius 1 is 1.10 bits per heavy atom. The minimum absolute atomic E-state index is 0.172. The molecule has 0 spiro atoms. The molecule has 0 saturated carbocycles. The Balaban J connectivity index is 1.22. The number of likely N-dealkylation sites (tertiary alicyclic amines) is 2. The quantitative estimate of drug-likeness (QED) is 0.783. The Labute approximate surface area is 175 Å². The van der Waals surface area contributed by atoms with Crippen LogP contribution in [-0.4, -0.2) is 59.0 Å². The van der Waals surface area contributed by atoms with Gasteiger partial charge in [-0.25, -0.2) is 9.37 Å². The molecule has 1 aromatic carbocycles. The van der Waals surface area contributed by atoms with Gasteiger partial charge < -0.3 is 9.80 Å². The van der Waals surface area contributed by atoms with Gasteiger partial charge >= 0.3 is 0 Å². The van der Waals surface area contributed by atoms with Crippen molar-refractivity contribution in [3.05, 3.63) is 59.5 Å². The monoisotopic (exact) mass is 405 g/mol. The number of rotatable bonds is 4. The fourth-order valence-corrected chi connectivity index (χ4v) is 5.05. The second-order valence-corrected chi connectivity index (χ2v) is 8.43. The van der Waals surface area contributed by atoms with Gasteiger partial charge in [0.25, 0.3) is 0 Å². The number of halogens is 1. The standard InChI is InChI=1S/C23H24FN5O/c24-18-4-2-17(3-5-18)21-9-10-27(21)15-23(30)28-13-19-6-7-20(14-28)29(19)22-8-1-16(11-25)12-26-22/h1-5,8,12,19-21H,6-7,9-10,13-15H2/t19-,20?,21?/m0/s1. The zero-order valence-corrected chi connectivity index (χ0v) is 16.7. The lowest BCUT2D eigenvalue weighted by atomic mass is 9.94. The van der Waals surface area contributed by atoms with Crippen LogP contribution in [0.4, 0.5) is 10.2 Å². The molecule has 154 valence electrons. The summed E-state index contributed by atoms with van der Waals surface area (Å²) in [5, 5.41) is 8.98. The molecule has 1 aromatic heterocycles. The molecule has 2 aromatic rings. The average Bonchev–Trinajstić information content (AvgIpc) is 3.01. The smallest absolute Gasteiger partial charge is 0.236 e. The van der Waals surface area contributed by atoms with Crippen LogP contribution in [0.5, 0.6) is 0 Å². The zero-order valence-electron chi connectivity index (χ0n) is 16.7. The van der Waals surface area contributed by atoms with Gasteiger partial charge in [-0.15, -0.1) is 0 Å². The van der Waals surface area contributed by atoms with E-state index in [1.54, 1.807) is 12.3 Å². The summed E-state index contributed by atoms with van der Waals surface area (Å²) in [6, 6.07) is 13.2. The fourth-order valence-electron chi connectivity index (χ4n) is 5.05. The van der Waals surface area contributed by atoms with Crippen molar-refractivity contribution in [3.63, 3.8) is 0 Å². The van der Waals surface area contributed by atoms with Crippen LogP contribution < -0.4 is 4.90 Å². The molecule has 30 heavy (non-hydrogen) atoms. The number of anilines is 1. The Kier molecular flexibility index (Phi) is 4.87. The predicted molar refractivity (Wildman–Crippen MR) is 110 cm³/mol. The molecule has 4 heterocycles. The molecule has 3 fully saturated rings. The molecule has 7 heteroatoms. The van der Waals surface area contributed by atoms with Crippen LogP contribution in [-0.2, 0) is 4.79 Å². The van der Waals surface area contributed by atoms with Crippen LogP contribution in [0.2, 0.25) is 0 Å². The number of piperazine rings is 1. The molecular weight excluding hydrogens is 381 g/mol. The van der Waals surface area contributed by atoms with E-state index in [1.165, 1.54) is 12.1 Å². The van der Waals surface area contributed by atoms with Crippen molar-refractivity contribution in [2.75, 3.05) is 31.1 Å². The van der Waals surface area contributed by atoms with Crippen LogP contribution in [0.15, 0.2) is 42.6 Å². The summed E-state index contributed by atoms with van der Waals surface area (Å²) in [6.07, 6.45) is 4.73. The number of fused-ring (bicyclic) bond motifs is 2. The highest BCUT2D eigenvalue weighted by Gasteiger charge is 2.42. The van der Waals surface area contributed by atoms with E-state index in [0.717, 1.165) is 37.2 Å². The fraction of sp³-hybridized carbons (Fsp3) is 0.435. The van der Waals surface area contributed by atoms with E-state index in [4.69, 9.17) is 5.26 Å². The Bertz CT molecular complexity index is 957. The normalized spacial score (nSPS) is 25.7. The summed E-state index contributed by atoms with van der Waals surface area (Å²) in [4.78, 5) is 24.0. The second-order valence-electron chi connectivity index (χ2n) is 8.43. The average molecular weight is 405 g/mol. The molecule has 3 aliphatic rings. The highest BCUT2D eigenvalue weighted by Crippen LogP contribution is 2.35. The number of benzene rings is 1. The van der Waals surface area contributed by atoms with Gasteiger partial charge in [-0.2, -0.15) is 5.26 Å². The maximum atomic E-state index is 13.2. The number of amides is 1. The first-order valence-corrected chi connectivity index (χ1v) is 10.5. The van der Waals surface area contributed by atoms with Crippen LogP contribution in [0, 0.1) is 17.1 Å². The van der Waals surface area contributed by atoms with Crippen molar-refractivity contribution in [1.29, 1.82) is 5.26 Å². The van der Waals surface area contributed by atoms with Crippen molar-refractivity contribution in [2.24, 2.45) is 0 Å². The van der Waals surface area contributed by atoms with Gasteiger partial charge in [0.05, 0.1) is 12.1 Å². The number of carbonyl (C=O) groups excluding carboxylic acids is 1. The van der Waals surface area contributed by atoms with Gasteiger partial charge in [-0.1, -0.05) is 12.1 Å². The Morgan fingerprint density at radius 3 is 2.40 bits per heavy atom. The molecule has 3 atom stereocenters. The van der Waals surface area contributed by atoms with Crippen molar-refractivity contribution >= 4 is 11.7 Å². The minimum Gasteiger partial charge on any atom is -0.347 e. The number of hydrogen-bond acceptors (Lipinski definition) is 5. The summed E-state index contributed by atoms with van der Waals surface area (Å²) in [6.45, 7) is 2.74. The first-order chi connectivity index (χ1) is 14.6. The van der Waals surface area contributed by atoms with E-state index in [2.05, 4.69) is 20.9 Å². The molecule has 2 bridgehead atoms. The van der Waals surface area contributed by atoms with E-state index in [-0.39, 0.29) is 29.8 Å². The third kappa shape index (κ3) is 3.41. The number of nitrogens with zero attached hydrogens (tertiary/aromatic N) is 5. The number of aromatic nitrogens is 1. The van der Waals surface area contributed by atoms with E-state index >= 15 is 0 Å². The summed E-state index contributed by atoms with van der Waals surface area (Å²) in [7, 11) is 0. The van der Waals surface area contributed by atoms with E-state index in [0.29, 0.717) is 25.2 Å². The third-order valence-electron chi connectivity index (χ3n) is 6.70. The Hall–Kier alpha value is -2.98. The Morgan fingerprint density at radius 2 is 1.83 bits per heavy atom. The topological polar surface area (TPSA) is 63.5 Å². The minimum atomic E-state index is -0.231. The van der Waals surface area contributed by atoms with Gasteiger partial charge in [0.15, 0.2) is 0 Å². The van der Waals surface area contributed by atoms with Gasteiger partial charge in [0.2, 0.25) is 5.91 Å². The molecule has 6 nitrogen and oxygen atoms in total. The van der Waals surface area contributed by atoms with Crippen LogP contribution >= 0.6 is 0 Å². The molecule has 3 aliphatic heterocycles. The zero-order chi connectivity index (χ0) is 20.7. The number of nitriles is 1. The van der Waals surface area contributed by atoms with Crippen LogP contribution in [0.1, 0.15) is 36.4 Å². The second kappa shape index (κ2) is 7.69. The number of carbonyl (C=O) groups is 1. The lowest BCUT2D eigenvalue weighted by Crippen LogP contribution is -2.58. The summed E-state index contributed by atoms with van der Waals surface area (Å²) in [5.41, 5.74) is 1.64. The molecule has 0 aliphatic carbocycles. The van der Waals surface area contributed by atoms with Crippen molar-refractivity contribution in [2.45, 2.75) is 37.4 Å². The lowest BCUT2D eigenvalue weighted by Gasteiger charge is -2.45. The summed E-state index contributed by atoms with van der Waals surface area (Å²) in [5.74, 6) is 0.838. The molecule has 0 radical (unpaired) electrons.